The van der Waals surface area contributed by atoms with Gasteiger partial charge in [-0.25, -0.2) is 9.37 Å². The molecule has 1 atom stereocenters. The topological polar surface area (TPSA) is 70.4 Å². The van der Waals surface area contributed by atoms with Gasteiger partial charge in [-0.15, -0.1) is 0 Å². The van der Waals surface area contributed by atoms with Crippen LogP contribution in [-0.4, -0.2) is 69.9 Å². The van der Waals surface area contributed by atoms with Crippen molar-refractivity contribution in [2.75, 3.05) is 49.1 Å². The summed E-state index contributed by atoms with van der Waals surface area (Å²) >= 11 is 6.72. The molecule has 3 fully saturated rings. The quantitative estimate of drug-likeness (QED) is 0.352. The molecule has 0 aliphatic carbocycles. The maximum atomic E-state index is 13.7. The van der Waals surface area contributed by atoms with Crippen molar-refractivity contribution in [3.05, 3.63) is 75.3 Å². The fourth-order valence-electron chi connectivity index (χ4n) is 5.07. The lowest BCUT2D eigenvalue weighted by Gasteiger charge is -2.37. The molecular weight excluding hydrogens is 525 g/mol. The van der Waals surface area contributed by atoms with E-state index in [9.17, 15) is 14.0 Å². The molecule has 1 unspecified atom stereocenters. The summed E-state index contributed by atoms with van der Waals surface area (Å²) in [5.41, 5.74) is 1.61. The monoisotopic (exact) mass is 551 g/mol. The number of amides is 1. The molecule has 2 aromatic heterocycles. The molecule has 3 aliphatic rings. The van der Waals surface area contributed by atoms with Gasteiger partial charge in [-0.2, -0.15) is 0 Å². The van der Waals surface area contributed by atoms with Crippen molar-refractivity contribution in [3.8, 4) is 0 Å². The van der Waals surface area contributed by atoms with Crippen LogP contribution in [0.3, 0.4) is 0 Å². The number of piperazine rings is 1. The number of fused-ring (bicyclic) bond motifs is 1. The fourth-order valence-corrected chi connectivity index (χ4v) is 6.32. The first-order valence-corrected chi connectivity index (χ1v) is 13.8. The third-order valence-corrected chi connectivity index (χ3v) is 8.46. The molecular formula is C27H26FN5O3S2. The highest BCUT2D eigenvalue weighted by Gasteiger charge is 2.35. The molecule has 11 heteroatoms. The predicted molar refractivity (Wildman–Crippen MR) is 151 cm³/mol. The molecule has 0 bridgehead atoms. The van der Waals surface area contributed by atoms with Crippen LogP contribution in [0.4, 0.5) is 15.9 Å². The van der Waals surface area contributed by atoms with E-state index in [-0.39, 0.29) is 23.4 Å². The number of carbonyl (C=O) groups is 1. The average molecular weight is 552 g/mol. The van der Waals surface area contributed by atoms with Crippen LogP contribution >= 0.6 is 24.0 Å². The number of carbonyl (C=O) groups excluding carboxylic acids is 1. The summed E-state index contributed by atoms with van der Waals surface area (Å²) in [5, 5.41) is 0. The largest absolute Gasteiger partial charge is 0.376 e. The van der Waals surface area contributed by atoms with Crippen molar-refractivity contribution in [3.63, 3.8) is 0 Å². The Labute approximate surface area is 228 Å². The lowest BCUT2D eigenvalue weighted by molar-refractivity contribution is -0.123. The Hall–Kier alpha value is -3.28. The number of pyridine rings is 1. The van der Waals surface area contributed by atoms with E-state index in [0.717, 1.165) is 18.5 Å². The summed E-state index contributed by atoms with van der Waals surface area (Å²) in [6, 6.07) is 11.9. The van der Waals surface area contributed by atoms with Crippen LogP contribution in [0, 0.1) is 5.82 Å². The van der Waals surface area contributed by atoms with Gasteiger partial charge < -0.3 is 14.5 Å². The zero-order chi connectivity index (χ0) is 26.2. The van der Waals surface area contributed by atoms with Crippen LogP contribution < -0.4 is 15.4 Å². The van der Waals surface area contributed by atoms with Crippen molar-refractivity contribution >= 4 is 57.4 Å². The molecule has 5 heterocycles. The molecule has 6 rings (SSSR count). The average Bonchev–Trinajstić information content (AvgIpc) is 3.55. The second-order valence-electron chi connectivity index (χ2n) is 9.46. The highest BCUT2D eigenvalue weighted by Crippen LogP contribution is 2.34. The molecule has 0 N–H and O–H groups in total. The van der Waals surface area contributed by atoms with Crippen molar-refractivity contribution < 1.29 is 13.9 Å². The Kier molecular flexibility index (Phi) is 6.89. The van der Waals surface area contributed by atoms with Crippen LogP contribution in [0.1, 0.15) is 18.4 Å². The van der Waals surface area contributed by atoms with Crippen molar-refractivity contribution in [1.29, 1.82) is 0 Å². The van der Waals surface area contributed by atoms with E-state index < -0.39 is 0 Å². The molecule has 38 heavy (non-hydrogen) atoms. The zero-order valence-electron chi connectivity index (χ0n) is 20.6. The molecule has 3 aliphatic heterocycles. The number of nitrogens with zero attached hydrogens (tertiary/aromatic N) is 5. The summed E-state index contributed by atoms with van der Waals surface area (Å²) in [5.74, 6) is 0.0727. The summed E-state index contributed by atoms with van der Waals surface area (Å²) < 4.78 is 21.0. The van der Waals surface area contributed by atoms with Gasteiger partial charge in [-0.1, -0.05) is 30.0 Å². The number of benzene rings is 1. The summed E-state index contributed by atoms with van der Waals surface area (Å²) in [7, 11) is 0. The number of hydrogen-bond donors (Lipinski definition) is 0. The number of hydrogen-bond acceptors (Lipinski definition) is 8. The van der Waals surface area contributed by atoms with Gasteiger partial charge in [0.25, 0.3) is 11.5 Å². The third-order valence-electron chi connectivity index (χ3n) is 7.08. The Morgan fingerprint density at radius 2 is 1.84 bits per heavy atom. The maximum absolute atomic E-state index is 13.7. The highest BCUT2D eigenvalue weighted by atomic mass is 32.2. The van der Waals surface area contributed by atoms with Crippen molar-refractivity contribution in [1.82, 2.24) is 14.3 Å². The standard InChI is InChI=1S/C27H26FN5O3S2/c28-18-6-8-19(9-7-18)30-11-13-31(14-12-30)24-21(25(34)32-10-2-1-5-23(32)29-24)16-22-26(35)33(27(37)38-22)17-20-4-3-15-36-20/h1-2,5-10,16,20H,3-4,11-15,17H2. The van der Waals surface area contributed by atoms with Crippen molar-refractivity contribution in [2.24, 2.45) is 0 Å². The Morgan fingerprint density at radius 3 is 2.58 bits per heavy atom. The van der Waals surface area contributed by atoms with Gasteiger partial charge in [0.2, 0.25) is 0 Å². The molecule has 3 saturated heterocycles. The van der Waals surface area contributed by atoms with E-state index in [1.54, 1.807) is 41.4 Å². The van der Waals surface area contributed by atoms with E-state index in [1.807, 2.05) is 6.07 Å². The second kappa shape index (κ2) is 10.5. The van der Waals surface area contributed by atoms with Crippen LogP contribution in [0.15, 0.2) is 58.4 Å². The molecule has 1 aromatic carbocycles. The summed E-state index contributed by atoms with van der Waals surface area (Å²) in [6.07, 6.45) is 5.19. The minimum atomic E-state index is -0.265. The van der Waals surface area contributed by atoms with Crippen molar-refractivity contribution in [2.45, 2.75) is 18.9 Å². The van der Waals surface area contributed by atoms with E-state index in [2.05, 4.69) is 9.80 Å². The van der Waals surface area contributed by atoms with Gasteiger partial charge in [0, 0.05) is 44.7 Å². The van der Waals surface area contributed by atoms with Crippen LogP contribution in [0.5, 0.6) is 0 Å². The van der Waals surface area contributed by atoms with E-state index in [4.69, 9.17) is 21.9 Å². The number of halogens is 1. The van der Waals surface area contributed by atoms with E-state index >= 15 is 0 Å². The zero-order valence-corrected chi connectivity index (χ0v) is 22.2. The number of rotatable bonds is 5. The Morgan fingerprint density at radius 1 is 1.08 bits per heavy atom. The lowest BCUT2D eigenvalue weighted by atomic mass is 10.2. The molecule has 196 valence electrons. The van der Waals surface area contributed by atoms with Gasteiger partial charge in [-0.3, -0.25) is 18.9 Å². The highest BCUT2D eigenvalue weighted by molar-refractivity contribution is 8.26. The molecule has 3 aromatic rings. The fraction of sp³-hybridized carbons (Fsp3) is 0.333. The van der Waals surface area contributed by atoms with Gasteiger partial charge in [0.15, 0.2) is 0 Å². The van der Waals surface area contributed by atoms with Gasteiger partial charge in [-0.05, 0) is 55.3 Å². The normalized spacial score (nSPS) is 21.3. The number of anilines is 2. The number of aromatic nitrogens is 2. The number of thiocarbonyl (C=S) groups is 1. The Balaban J connectivity index is 1.32. The minimum absolute atomic E-state index is 0.0159. The smallest absolute Gasteiger partial charge is 0.267 e. The Bertz CT molecular complexity index is 1480. The molecule has 1 amide bonds. The van der Waals surface area contributed by atoms with Gasteiger partial charge in [0.05, 0.1) is 23.1 Å². The number of ether oxygens (including phenoxy) is 1. The molecule has 8 nitrogen and oxygen atoms in total. The first kappa shape index (κ1) is 25.0. The lowest BCUT2D eigenvalue weighted by Crippen LogP contribution is -2.47. The minimum Gasteiger partial charge on any atom is -0.376 e. The van der Waals surface area contributed by atoms with E-state index in [1.165, 1.54) is 28.3 Å². The van der Waals surface area contributed by atoms with Crippen LogP contribution in [0.25, 0.3) is 11.7 Å². The van der Waals surface area contributed by atoms with Crippen LogP contribution in [0.2, 0.25) is 0 Å². The SMILES string of the molecule is O=C1C(=Cc2c(N3CCN(c4ccc(F)cc4)CC3)nc3ccccn3c2=O)SC(=S)N1CC1CCCO1. The predicted octanol–water partition coefficient (Wildman–Crippen LogP) is 3.54. The van der Waals surface area contributed by atoms with Gasteiger partial charge in [0.1, 0.15) is 21.6 Å². The number of thioether (sulfide) groups is 1. The first-order valence-electron chi connectivity index (χ1n) is 12.6. The van der Waals surface area contributed by atoms with Gasteiger partial charge >= 0.3 is 0 Å². The first-order chi connectivity index (χ1) is 18.5. The third kappa shape index (κ3) is 4.81. The summed E-state index contributed by atoms with van der Waals surface area (Å²) in [6.45, 7) is 3.73. The van der Waals surface area contributed by atoms with E-state index in [0.29, 0.717) is 65.6 Å². The summed E-state index contributed by atoms with van der Waals surface area (Å²) in [4.78, 5) is 38.1. The second-order valence-corrected chi connectivity index (χ2v) is 11.1. The molecule has 0 radical (unpaired) electrons. The molecule has 0 spiro atoms. The van der Waals surface area contributed by atoms with Crippen LogP contribution in [-0.2, 0) is 9.53 Å². The maximum Gasteiger partial charge on any atom is 0.267 e. The molecule has 0 saturated carbocycles.